The summed E-state index contributed by atoms with van der Waals surface area (Å²) in [4.78, 5) is 14.0. The van der Waals surface area contributed by atoms with Gasteiger partial charge in [0.15, 0.2) is 0 Å². The highest BCUT2D eigenvalue weighted by atomic mass is 19.1. The fraction of sp³-hybridized carbons (Fsp3) is 0.696. The quantitative estimate of drug-likeness (QED) is 0.725. The van der Waals surface area contributed by atoms with Gasteiger partial charge in [0.05, 0.1) is 12.7 Å². The van der Waals surface area contributed by atoms with Crippen molar-refractivity contribution in [2.45, 2.75) is 51.5 Å². The van der Waals surface area contributed by atoms with Crippen LogP contribution in [0.4, 0.5) is 4.39 Å². The number of esters is 1. The summed E-state index contributed by atoms with van der Waals surface area (Å²) < 4.78 is 19.1. The molecule has 1 heterocycles. The maximum Gasteiger partial charge on any atom is 0.337 e. The molecule has 0 radical (unpaired) electrons. The van der Waals surface area contributed by atoms with E-state index in [9.17, 15) is 9.18 Å². The number of ether oxygens (including phenoxy) is 1. The fourth-order valence-electron chi connectivity index (χ4n) is 7.23. The molecule has 0 aromatic heterocycles. The first-order valence-corrected chi connectivity index (χ1v) is 10.7. The zero-order valence-electron chi connectivity index (χ0n) is 16.3. The average molecular weight is 371 g/mol. The van der Waals surface area contributed by atoms with Crippen molar-refractivity contribution in [2.75, 3.05) is 20.2 Å². The summed E-state index contributed by atoms with van der Waals surface area (Å²) in [6.45, 7) is 2.81. The summed E-state index contributed by atoms with van der Waals surface area (Å²) in [5.41, 5.74) is 1.56. The number of hydrogen-bond acceptors (Lipinski definition) is 3. The molecule has 1 aromatic rings. The lowest BCUT2D eigenvalue weighted by Crippen LogP contribution is -2.56. The molecule has 4 heteroatoms. The van der Waals surface area contributed by atoms with E-state index < -0.39 is 5.97 Å². The van der Waals surface area contributed by atoms with Gasteiger partial charge in [0.25, 0.3) is 0 Å². The molecular formula is C23H30FNO2. The molecule has 1 spiro atoms. The first-order valence-electron chi connectivity index (χ1n) is 10.7. The largest absolute Gasteiger partial charge is 0.465 e. The standard InChI is InChI=1S/C23H30FNO2/c1-27-22(26)17-2-3-18(21(24)13-17)14-25-6-4-23(5-7-25)19-9-15-8-16(11-19)12-20(23)10-15/h2-3,13,15-16,19-20H,4-12,14H2,1H3. The van der Waals surface area contributed by atoms with Gasteiger partial charge in [0.2, 0.25) is 0 Å². The smallest absolute Gasteiger partial charge is 0.337 e. The van der Waals surface area contributed by atoms with Crippen LogP contribution in [0.3, 0.4) is 0 Å². The SMILES string of the molecule is COC(=O)c1ccc(CN2CCC3(CC2)C2CC4CC(C2)CC3C4)c(F)c1. The third-order valence-corrected chi connectivity index (χ3v) is 8.42. The van der Waals surface area contributed by atoms with E-state index in [1.807, 2.05) is 0 Å². The average Bonchev–Trinajstić information content (AvgIpc) is 2.67. The molecule has 1 aliphatic heterocycles. The Hall–Kier alpha value is -1.42. The Morgan fingerprint density at radius 2 is 1.74 bits per heavy atom. The van der Waals surface area contributed by atoms with Crippen LogP contribution in [0.2, 0.25) is 0 Å². The Morgan fingerprint density at radius 1 is 1.11 bits per heavy atom. The van der Waals surface area contributed by atoms with E-state index in [4.69, 9.17) is 0 Å². The van der Waals surface area contributed by atoms with Crippen molar-refractivity contribution >= 4 is 5.97 Å². The van der Waals surface area contributed by atoms with E-state index in [2.05, 4.69) is 9.64 Å². The van der Waals surface area contributed by atoms with Gasteiger partial charge >= 0.3 is 5.97 Å². The lowest BCUT2D eigenvalue weighted by atomic mass is 9.43. The Labute approximate surface area is 161 Å². The minimum Gasteiger partial charge on any atom is -0.465 e. The lowest BCUT2D eigenvalue weighted by molar-refractivity contribution is -0.136. The minimum absolute atomic E-state index is 0.282. The number of likely N-dealkylation sites (tertiary alicyclic amines) is 1. The van der Waals surface area contributed by atoms with Crippen LogP contribution in [0, 0.1) is 34.9 Å². The third kappa shape index (κ3) is 2.91. The lowest BCUT2D eigenvalue weighted by Gasteiger charge is -2.63. The summed E-state index contributed by atoms with van der Waals surface area (Å²) >= 11 is 0. The number of rotatable bonds is 3. The zero-order chi connectivity index (χ0) is 18.6. The van der Waals surface area contributed by atoms with Crippen LogP contribution in [0.1, 0.15) is 60.9 Å². The van der Waals surface area contributed by atoms with Gasteiger partial charge in [-0.25, -0.2) is 9.18 Å². The van der Waals surface area contributed by atoms with Crippen LogP contribution in [0.15, 0.2) is 18.2 Å². The van der Waals surface area contributed by atoms with Gasteiger partial charge in [-0.1, -0.05) is 6.07 Å². The number of benzene rings is 1. The number of methoxy groups -OCH3 is 1. The maximum atomic E-state index is 14.5. The number of halogens is 1. The molecule has 6 rings (SSSR count). The van der Waals surface area contributed by atoms with Crippen LogP contribution < -0.4 is 0 Å². The van der Waals surface area contributed by atoms with Gasteiger partial charge in [-0.2, -0.15) is 0 Å². The number of carbonyl (C=O) groups excluding carboxylic acids is 1. The van der Waals surface area contributed by atoms with Crippen LogP contribution in [0.25, 0.3) is 0 Å². The van der Waals surface area contributed by atoms with Crippen molar-refractivity contribution in [3.8, 4) is 0 Å². The third-order valence-electron chi connectivity index (χ3n) is 8.42. The summed E-state index contributed by atoms with van der Waals surface area (Å²) in [5.74, 6) is 3.20. The van der Waals surface area contributed by atoms with Crippen molar-refractivity contribution in [3.05, 3.63) is 35.1 Å². The molecule has 4 aliphatic carbocycles. The van der Waals surface area contributed by atoms with Gasteiger partial charge in [-0.05, 0) is 99.3 Å². The van der Waals surface area contributed by atoms with Gasteiger partial charge in [-0.3, -0.25) is 4.90 Å². The van der Waals surface area contributed by atoms with E-state index in [0.29, 0.717) is 17.5 Å². The molecule has 1 aromatic carbocycles. The van der Waals surface area contributed by atoms with Crippen molar-refractivity contribution in [3.63, 3.8) is 0 Å². The highest BCUT2D eigenvalue weighted by molar-refractivity contribution is 5.89. The monoisotopic (exact) mass is 371 g/mol. The molecule has 27 heavy (non-hydrogen) atoms. The molecule has 146 valence electrons. The summed E-state index contributed by atoms with van der Waals surface area (Å²) in [6, 6.07) is 4.73. The first kappa shape index (κ1) is 17.7. The van der Waals surface area contributed by atoms with E-state index in [1.165, 1.54) is 58.1 Å². The molecule has 0 N–H and O–H groups in total. The topological polar surface area (TPSA) is 29.5 Å². The van der Waals surface area contributed by atoms with Gasteiger partial charge in [-0.15, -0.1) is 0 Å². The highest BCUT2D eigenvalue weighted by Crippen LogP contribution is 2.65. The molecule has 5 fully saturated rings. The van der Waals surface area contributed by atoms with Crippen molar-refractivity contribution in [1.82, 2.24) is 4.90 Å². The molecule has 4 saturated carbocycles. The van der Waals surface area contributed by atoms with E-state index in [1.54, 1.807) is 12.1 Å². The van der Waals surface area contributed by atoms with E-state index >= 15 is 0 Å². The van der Waals surface area contributed by atoms with E-state index in [-0.39, 0.29) is 11.4 Å². The van der Waals surface area contributed by atoms with Gasteiger partial charge in [0.1, 0.15) is 5.82 Å². The second-order valence-corrected chi connectivity index (χ2v) is 9.61. The molecule has 0 amide bonds. The van der Waals surface area contributed by atoms with Crippen molar-refractivity contribution < 1.29 is 13.9 Å². The maximum absolute atomic E-state index is 14.5. The first-order chi connectivity index (χ1) is 13.1. The Balaban J connectivity index is 1.25. The molecule has 1 saturated heterocycles. The zero-order valence-corrected chi connectivity index (χ0v) is 16.3. The summed E-state index contributed by atoms with van der Waals surface area (Å²) in [5, 5.41) is 0. The van der Waals surface area contributed by atoms with E-state index in [0.717, 1.165) is 36.8 Å². The normalized spacial score (nSPS) is 34.1. The van der Waals surface area contributed by atoms with Crippen LogP contribution in [0.5, 0.6) is 0 Å². The van der Waals surface area contributed by atoms with Gasteiger partial charge in [0, 0.05) is 12.1 Å². The Bertz CT molecular complexity index is 708. The fourth-order valence-corrected chi connectivity index (χ4v) is 7.23. The highest BCUT2D eigenvalue weighted by Gasteiger charge is 2.57. The van der Waals surface area contributed by atoms with Crippen molar-refractivity contribution in [2.24, 2.45) is 29.1 Å². The molecule has 3 nitrogen and oxygen atoms in total. The van der Waals surface area contributed by atoms with Crippen molar-refractivity contribution in [1.29, 1.82) is 0 Å². The number of piperidine rings is 1. The van der Waals surface area contributed by atoms with Crippen LogP contribution in [-0.4, -0.2) is 31.1 Å². The Morgan fingerprint density at radius 3 is 2.30 bits per heavy atom. The number of nitrogens with zero attached hydrogens (tertiary/aromatic N) is 1. The Kier molecular flexibility index (Phi) is 4.30. The number of carbonyl (C=O) groups is 1. The van der Waals surface area contributed by atoms with Crippen LogP contribution >= 0.6 is 0 Å². The predicted octanol–water partition coefficient (Wildman–Crippen LogP) is 4.65. The second kappa shape index (κ2) is 6.58. The summed E-state index contributed by atoms with van der Waals surface area (Å²) in [6.07, 6.45) is 10.0. The number of hydrogen-bond donors (Lipinski definition) is 0. The molecule has 0 unspecified atom stereocenters. The van der Waals surface area contributed by atoms with Gasteiger partial charge < -0.3 is 4.74 Å². The minimum atomic E-state index is -0.484. The molecule has 5 aliphatic rings. The van der Waals surface area contributed by atoms with Crippen LogP contribution in [-0.2, 0) is 11.3 Å². The second-order valence-electron chi connectivity index (χ2n) is 9.61. The molecule has 0 atom stereocenters. The molecular weight excluding hydrogens is 341 g/mol. The predicted molar refractivity (Wildman–Crippen MR) is 102 cm³/mol. The molecule has 4 bridgehead atoms. The summed E-state index contributed by atoms with van der Waals surface area (Å²) in [7, 11) is 1.32.